The van der Waals surface area contributed by atoms with E-state index in [9.17, 15) is 14.7 Å². The first kappa shape index (κ1) is 22.0. The Hall–Kier alpha value is -3.16. The van der Waals surface area contributed by atoms with Crippen molar-refractivity contribution in [3.63, 3.8) is 0 Å². The second-order valence-corrected chi connectivity index (χ2v) is 9.41. The molecule has 0 atom stereocenters. The standard InChI is InChI=1S/C24H31N5O3/c1-16-17(13-27(4)26-16)14-29-20-15-28(21(30)8-5-10-24(2,3)23(31)32)12-9-18(20)19-7-6-11-25-22(19)29/h6-7,11,13H,5,8-10,12,14-15H2,1-4H3,(H,31,32). The van der Waals surface area contributed by atoms with Gasteiger partial charge in [0, 0.05) is 49.1 Å². The van der Waals surface area contributed by atoms with Crippen LogP contribution in [0, 0.1) is 12.3 Å². The number of hydrogen-bond donors (Lipinski definition) is 1. The Bertz CT molecular complexity index is 1170. The predicted molar refractivity (Wildman–Crippen MR) is 121 cm³/mol. The van der Waals surface area contributed by atoms with E-state index in [-0.39, 0.29) is 5.91 Å². The fraction of sp³-hybridized carbons (Fsp3) is 0.500. The summed E-state index contributed by atoms with van der Waals surface area (Å²) in [7, 11) is 1.92. The number of aryl methyl sites for hydroxylation is 2. The molecule has 4 heterocycles. The third kappa shape index (κ3) is 4.13. The number of aromatic nitrogens is 4. The van der Waals surface area contributed by atoms with Crippen LogP contribution in [0.1, 0.15) is 55.6 Å². The number of hydrogen-bond acceptors (Lipinski definition) is 4. The molecule has 0 radical (unpaired) electrons. The van der Waals surface area contributed by atoms with Gasteiger partial charge in [-0.05, 0) is 57.7 Å². The summed E-state index contributed by atoms with van der Waals surface area (Å²) in [5.74, 6) is -0.741. The molecule has 0 fully saturated rings. The number of aliphatic carboxylic acids is 1. The molecule has 4 rings (SSSR count). The molecule has 170 valence electrons. The minimum absolute atomic E-state index is 0.0826. The summed E-state index contributed by atoms with van der Waals surface area (Å²) >= 11 is 0. The van der Waals surface area contributed by atoms with Crippen LogP contribution in [-0.4, -0.2) is 47.8 Å². The Kier molecular flexibility index (Phi) is 5.79. The Balaban J connectivity index is 1.56. The van der Waals surface area contributed by atoms with Crippen LogP contribution in [0.3, 0.4) is 0 Å². The summed E-state index contributed by atoms with van der Waals surface area (Å²) < 4.78 is 4.05. The Morgan fingerprint density at radius 3 is 2.75 bits per heavy atom. The number of pyridine rings is 1. The Morgan fingerprint density at radius 1 is 1.28 bits per heavy atom. The van der Waals surface area contributed by atoms with Crippen molar-refractivity contribution >= 4 is 22.9 Å². The van der Waals surface area contributed by atoms with Gasteiger partial charge in [-0.1, -0.05) is 0 Å². The summed E-state index contributed by atoms with van der Waals surface area (Å²) in [6.45, 7) is 7.31. The van der Waals surface area contributed by atoms with E-state index in [1.807, 2.05) is 42.0 Å². The van der Waals surface area contributed by atoms with Gasteiger partial charge in [0.15, 0.2) is 0 Å². The molecule has 0 saturated carbocycles. The highest BCUT2D eigenvalue weighted by molar-refractivity contribution is 5.84. The Labute approximate surface area is 187 Å². The van der Waals surface area contributed by atoms with Gasteiger partial charge in [0.2, 0.25) is 5.91 Å². The molecular formula is C24H31N5O3. The number of rotatable bonds is 7. The molecule has 8 nitrogen and oxygen atoms in total. The van der Waals surface area contributed by atoms with Crippen LogP contribution in [0.15, 0.2) is 24.5 Å². The minimum atomic E-state index is -0.824. The van der Waals surface area contributed by atoms with E-state index < -0.39 is 11.4 Å². The van der Waals surface area contributed by atoms with Gasteiger partial charge in [0.25, 0.3) is 0 Å². The van der Waals surface area contributed by atoms with Crippen LogP contribution < -0.4 is 0 Å². The lowest BCUT2D eigenvalue weighted by Gasteiger charge is -2.29. The molecule has 8 heteroatoms. The van der Waals surface area contributed by atoms with Gasteiger partial charge < -0.3 is 14.6 Å². The van der Waals surface area contributed by atoms with E-state index in [2.05, 4.69) is 20.7 Å². The fourth-order valence-corrected chi connectivity index (χ4v) is 4.56. The molecule has 0 aliphatic carbocycles. The lowest BCUT2D eigenvalue weighted by atomic mass is 9.87. The SMILES string of the molecule is Cc1nn(C)cc1Cn1c2c(c3cccnc31)CCN(C(=O)CCCC(C)(C)C(=O)O)C2. The molecule has 0 aromatic carbocycles. The molecule has 1 amide bonds. The summed E-state index contributed by atoms with van der Waals surface area (Å²) in [6.07, 6.45) is 6.06. The van der Waals surface area contributed by atoms with E-state index in [0.717, 1.165) is 34.4 Å². The highest BCUT2D eigenvalue weighted by atomic mass is 16.4. The first-order valence-corrected chi connectivity index (χ1v) is 11.1. The predicted octanol–water partition coefficient (Wildman–Crippen LogP) is 3.29. The van der Waals surface area contributed by atoms with Gasteiger partial charge in [0.05, 0.1) is 24.2 Å². The zero-order valence-electron chi connectivity index (χ0n) is 19.3. The summed E-state index contributed by atoms with van der Waals surface area (Å²) in [5, 5.41) is 14.9. The highest BCUT2D eigenvalue weighted by Crippen LogP contribution is 2.31. The van der Waals surface area contributed by atoms with Crippen molar-refractivity contribution in [3.05, 3.63) is 47.0 Å². The summed E-state index contributed by atoms with van der Waals surface area (Å²) in [6, 6.07) is 4.07. The number of nitrogens with zero attached hydrogens (tertiary/aromatic N) is 5. The first-order chi connectivity index (χ1) is 15.2. The van der Waals surface area contributed by atoms with Gasteiger partial charge >= 0.3 is 5.97 Å². The smallest absolute Gasteiger partial charge is 0.309 e. The second kappa shape index (κ2) is 8.41. The van der Waals surface area contributed by atoms with Crippen LogP contribution in [0.25, 0.3) is 11.0 Å². The molecule has 1 N–H and O–H groups in total. The first-order valence-electron chi connectivity index (χ1n) is 11.1. The average Bonchev–Trinajstić information content (AvgIpc) is 3.24. The molecule has 1 aliphatic heterocycles. The molecule has 3 aromatic rings. The maximum atomic E-state index is 12.9. The third-order valence-electron chi connectivity index (χ3n) is 6.58. The topological polar surface area (TPSA) is 93.3 Å². The molecule has 3 aromatic heterocycles. The van der Waals surface area contributed by atoms with E-state index in [0.29, 0.717) is 38.9 Å². The fourth-order valence-electron chi connectivity index (χ4n) is 4.56. The van der Waals surface area contributed by atoms with Crippen LogP contribution in [-0.2, 0) is 36.1 Å². The zero-order valence-corrected chi connectivity index (χ0v) is 19.3. The molecule has 1 aliphatic rings. The number of amides is 1. The average molecular weight is 438 g/mol. The lowest BCUT2D eigenvalue weighted by Crippen LogP contribution is -2.36. The number of carboxylic acids is 1. The number of carbonyl (C=O) groups is 2. The zero-order chi connectivity index (χ0) is 23.0. The quantitative estimate of drug-likeness (QED) is 0.612. The van der Waals surface area contributed by atoms with E-state index in [4.69, 9.17) is 0 Å². The normalized spacial score (nSPS) is 14.1. The van der Waals surface area contributed by atoms with Crippen molar-refractivity contribution in [2.75, 3.05) is 6.54 Å². The van der Waals surface area contributed by atoms with Crippen LogP contribution in [0.5, 0.6) is 0 Å². The van der Waals surface area contributed by atoms with Crippen molar-refractivity contribution in [1.29, 1.82) is 0 Å². The number of fused-ring (bicyclic) bond motifs is 3. The molecule has 32 heavy (non-hydrogen) atoms. The minimum Gasteiger partial charge on any atom is -0.481 e. The van der Waals surface area contributed by atoms with E-state index in [1.54, 1.807) is 13.8 Å². The largest absolute Gasteiger partial charge is 0.481 e. The summed E-state index contributed by atoms with van der Waals surface area (Å²) in [4.78, 5) is 30.8. The van der Waals surface area contributed by atoms with Crippen molar-refractivity contribution < 1.29 is 14.7 Å². The molecule has 0 bridgehead atoms. The van der Waals surface area contributed by atoms with Gasteiger partial charge in [-0.25, -0.2) is 4.98 Å². The molecule has 0 saturated heterocycles. The van der Waals surface area contributed by atoms with Crippen LogP contribution in [0.2, 0.25) is 0 Å². The van der Waals surface area contributed by atoms with Crippen LogP contribution in [0.4, 0.5) is 0 Å². The molecule has 0 unspecified atom stereocenters. The maximum absolute atomic E-state index is 12.9. The number of carbonyl (C=O) groups excluding carboxylic acids is 1. The Morgan fingerprint density at radius 2 is 2.06 bits per heavy atom. The monoisotopic (exact) mass is 437 g/mol. The van der Waals surface area contributed by atoms with E-state index >= 15 is 0 Å². The van der Waals surface area contributed by atoms with Gasteiger partial charge in [0.1, 0.15) is 5.65 Å². The van der Waals surface area contributed by atoms with Crippen molar-refractivity contribution in [2.45, 2.75) is 59.5 Å². The van der Waals surface area contributed by atoms with Gasteiger partial charge in [-0.2, -0.15) is 5.10 Å². The lowest BCUT2D eigenvalue weighted by molar-refractivity contribution is -0.147. The van der Waals surface area contributed by atoms with Crippen LogP contribution >= 0.6 is 0 Å². The number of carboxylic acid groups (broad SMARTS) is 1. The van der Waals surface area contributed by atoms with Crippen molar-refractivity contribution in [3.8, 4) is 0 Å². The van der Waals surface area contributed by atoms with E-state index in [1.165, 1.54) is 5.56 Å². The highest BCUT2D eigenvalue weighted by Gasteiger charge is 2.29. The van der Waals surface area contributed by atoms with Crippen molar-refractivity contribution in [2.24, 2.45) is 12.5 Å². The molecule has 0 spiro atoms. The van der Waals surface area contributed by atoms with Crippen molar-refractivity contribution in [1.82, 2.24) is 24.2 Å². The maximum Gasteiger partial charge on any atom is 0.309 e. The second-order valence-electron chi connectivity index (χ2n) is 9.41. The third-order valence-corrected chi connectivity index (χ3v) is 6.58. The molecular weight excluding hydrogens is 406 g/mol. The van der Waals surface area contributed by atoms with Gasteiger partial charge in [-0.3, -0.25) is 14.3 Å². The summed E-state index contributed by atoms with van der Waals surface area (Å²) in [5.41, 5.74) is 4.66. The van der Waals surface area contributed by atoms with Gasteiger partial charge in [-0.15, -0.1) is 0 Å².